The number of unbranched alkanes of at least 4 members (excludes halogenated alkanes) is 22. The van der Waals surface area contributed by atoms with Gasteiger partial charge in [-0.3, -0.25) is 13.8 Å². The molecule has 0 aliphatic rings. The Morgan fingerprint density at radius 3 is 1.43 bits per heavy atom. The third kappa shape index (κ3) is 34.8. The molecule has 0 heterocycles. The molecule has 0 spiro atoms. The normalized spacial score (nSPS) is 14.0. The molecule has 2 atom stereocenters. The number of phosphoric ester groups is 1. The summed E-state index contributed by atoms with van der Waals surface area (Å²) >= 11 is 0. The number of carbonyl (C=O) groups excluding carboxylic acids is 1. The minimum Gasteiger partial charge on any atom is -0.457 e. The number of hydrogen-bond donors (Lipinski definition) is 1. The lowest BCUT2D eigenvalue weighted by molar-refractivity contribution is -0.870. The first-order chi connectivity index (χ1) is 22.1. The number of quaternary nitrogens is 1. The molecule has 2 unspecified atom stereocenters. The van der Waals surface area contributed by atoms with Gasteiger partial charge in [-0.1, -0.05) is 155 Å². The zero-order valence-corrected chi connectivity index (χ0v) is 32.0. The molecule has 0 aromatic heterocycles. The molecular weight excluding hydrogens is 601 g/mol. The Balaban J connectivity index is 4.00. The highest BCUT2D eigenvalue weighted by atomic mass is 31.2. The van der Waals surface area contributed by atoms with Gasteiger partial charge in [-0.2, -0.15) is 0 Å². The molecule has 0 aromatic carbocycles. The summed E-state index contributed by atoms with van der Waals surface area (Å²) in [5.41, 5.74) is 0. The Labute approximate surface area is 285 Å². The maximum absolute atomic E-state index is 12.4. The van der Waals surface area contributed by atoms with Crippen molar-refractivity contribution in [2.45, 2.75) is 180 Å². The number of rotatable bonds is 36. The van der Waals surface area contributed by atoms with Crippen molar-refractivity contribution in [3.05, 3.63) is 0 Å². The van der Waals surface area contributed by atoms with Gasteiger partial charge in [0.1, 0.15) is 19.3 Å². The van der Waals surface area contributed by atoms with E-state index in [1.165, 1.54) is 116 Å². The van der Waals surface area contributed by atoms with Gasteiger partial charge in [-0.15, -0.1) is 0 Å². The molecule has 0 radical (unpaired) electrons. The molecular formula is C37H77NO7P+. The monoisotopic (exact) mass is 679 g/mol. The van der Waals surface area contributed by atoms with E-state index in [9.17, 15) is 14.3 Å². The van der Waals surface area contributed by atoms with E-state index in [0.29, 0.717) is 24.1 Å². The van der Waals surface area contributed by atoms with Crippen molar-refractivity contribution in [1.82, 2.24) is 0 Å². The molecule has 46 heavy (non-hydrogen) atoms. The second-order valence-electron chi connectivity index (χ2n) is 14.3. The summed E-state index contributed by atoms with van der Waals surface area (Å²) < 4.78 is 34.6. The van der Waals surface area contributed by atoms with Crippen LogP contribution in [0.3, 0.4) is 0 Å². The topological polar surface area (TPSA) is 91.3 Å². The van der Waals surface area contributed by atoms with E-state index in [-0.39, 0.29) is 25.8 Å². The van der Waals surface area contributed by atoms with Crippen LogP contribution in [0, 0.1) is 0 Å². The van der Waals surface area contributed by atoms with E-state index < -0.39 is 13.9 Å². The van der Waals surface area contributed by atoms with Crippen LogP contribution >= 0.6 is 7.82 Å². The molecule has 0 fully saturated rings. The van der Waals surface area contributed by atoms with E-state index in [2.05, 4.69) is 13.8 Å². The second kappa shape index (κ2) is 31.7. The number of likely N-dealkylation sites (N-methyl/N-ethyl adjacent to an activating group) is 1. The molecule has 8 nitrogen and oxygen atoms in total. The predicted octanol–water partition coefficient (Wildman–Crippen LogP) is 10.5. The summed E-state index contributed by atoms with van der Waals surface area (Å²) in [5.74, 6) is -0.323. The summed E-state index contributed by atoms with van der Waals surface area (Å²) in [6.45, 7) is 5.57. The van der Waals surface area contributed by atoms with Crippen molar-refractivity contribution in [3.8, 4) is 0 Å². The first kappa shape index (κ1) is 45.5. The molecule has 0 aromatic rings. The van der Waals surface area contributed by atoms with Gasteiger partial charge >= 0.3 is 13.8 Å². The number of hydrogen-bond acceptors (Lipinski definition) is 6. The van der Waals surface area contributed by atoms with E-state index in [1.807, 2.05) is 21.1 Å². The Morgan fingerprint density at radius 2 is 1.00 bits per heavy atom. The molecule has 0 aliphatic heterocycles. The smallest absolute Gasteiger partial charge is 0.457 e. The largest absolute Gasteiger partial charge is 0.472 e. The van der Waals surface area contributed by atoms with Crippen LogP contribution in [0.5, 0.6) is 0 Å². The van der Waals surface area contributed by atoms with Gasteiger partial charge in [0.25, 0.3) is 0 Å². The average Bonchev–Trinajstić information content (AvgIpc) is 2.99. The van der Waals surface area contributed by atoms with Crippen LogP contribution in [0.15, 0.2) is 0 Å². The summed E-state index contributed by atoms with van der Waals surface area (Å²) in [6.07, 6.45) is 30.3. The standard InChI is InChI=1S/C37H76NO7P/c1-6-8-10-12-13-14-15-16-17-18-19-20-21-22-23-24-25-27-29-32-42-34-36(45-37(39)30-28-26-11-9-7-2)35-44-46(40,41)43-33-31-38(3,4)5/h36H,6-35H2,1-5H3/p+1. The van der Waals surface area contributed by atoms with E-state index in [0.717, 1.165) is 38.5 Å². The van der Waals surface area contributed by atoms with Gasteiger partial charge in [0, 0.05) is 13.0 Å². The van der Waals surface area contributed by atoms with Crippen LogP contribution in [0.1, 0.15) is 174 Å². The van der Waals surface area contributed by atoms with E-state index in [4.69, 9.17) is 18.5 Å². The average molecular weight is 679 g/mol. The van der Waals surface area contributed by atoms with Crippen LogP contribution in [-0.4, -0.2) is 75.6 Å². The second-order valence-corrected chi connectivity index (χ2v) is 15.8. The fourth-order valence-corrected chi connectivity index (χ4v) is 6.12. The van der Waals surface area contributed by atoms with Crippen molar-refractivity contribution in [2.75, 3.05) is 54.1 Å². The summed E-state index contributed by atoms with van der Waals surface area (Å²) in [7, 11) is 1.68. The molecule has 1 N–H and O–H groups in total. The number of carbonyl (C=O) groups is 1. The Morgan fingerprint density at radius 1 is 0.587 bits per heavy atom. The lowest BCUT2D eigenvalue weighted by Crippen LogP contribution is -2.37. The van der Waals surface area contributed by atoms with Gasteiger partial charge in [0.05, 0.1) is 34.4 Å². The molecule has 0 bridgehead atoms. The highest BCUT2D eigenvalue weighted by Crippen LogP contribution is 2.43. The van der Waals surface area contributed by atoms with Crippen LogP contribution < -0.4 is 0 Å². The molecule has 0 saturated carbocycles. The van der Waals surface area contributed by atoms with E-state index in [1.54, 1.807) is 0 Å². The van der Waals surface area contributed by atoms with Gasteiger partial charge in [0.2, 0.25) is 0 Å². The van der Waals surface area contributed by atoms with Crippen molar-refractivity contribution in [2.24, 2.45) is 0 Å². The molecule has 0 aliphatic carbocycles. The Hall–Kier alpha value is -0.500. The first-order valence-electron chi connectivity index (χ1n) is 19.3. The number of esters is 1. The molecule has 0 rings (SSSR count). The summed E-state index contributed by atoms with van der Waals surface area (Å²) in [5, 5.41) is 0. The number of ether oxygens (including phenoxy) is 2. The van der Waals surface area contributed by atoms with Crippen molar-refractivity contribution < 1.29 is 37.3 Å². The fraction of sp³-hybridized carbons (Fsp3) is 0.973. The number of phosphoric acid groups is 1. The highest BCUT2D eigenvalue weighted by Gasteiger charge is 2.26. The zero-order valence-electron chi connectivity index (χ0n) is 31.1. The molecule has 9 heteroatoms. The SMILES string of the molecule is CCCCCCCCCCCCCCCCCCCCCOCC(COP(=O)(O)OCC[N+](C)(C)C)OC(=O)CCCCCCC. The van der Waals surface area contributed by atoms with Gasteiger partial charge in [-0.05, 0) is 12.8 Å². The van der Waals surface area contributed by atoms with Crippen molar-refractivity contribution >= 4 is 13.8 Å². The molecule has 0 saturated heterocycles. The molecule has 276 valence electrons. The fourth-order valence-electron chi connectivity index (χ4n) is 5.38. The lowest BCUT2D eigenvalue weighted by atomic mass is 10.0. The highest BCUT2D eigenvalue weighted by molar-refractivity contribution is 7.47. The van der Waals surface area contributed by atoms with Crippen LogP contribution in [-0.2, 0) is 27.9 Å². The quantitative estimate of drug-likeness (QED) is 0.0305. The van der Waals surface area contributed by atoms with Gasteiger partial charge in [-0.25, -0.2) is 4.57 Å². The summed E-state index contributed by atoms with van der Waals surface area (Å²) in [4.78, 5) is 22.5. The van der Waals surface area contributed by atoms with Crippen molar-refractivity contribution in [3.63, 3.8) is 0 Å². The van der Waals surface area contributed by atoms with Crippen molar-refractivity contribution in [1.29, 1.82) is 0 Å². The minimum atomic E-state index is -4.25. The minimum absolute atomic E-state index is 0.0927. The Kier molecular flexibility index (Phi) is 31.4. The van der Waals surface area contributed by atoms with Crippen LogP contribution in [0.4, 0.5) is 0 Å². The predicted molar refractivity (Wildman–Crippen MR) is 192 cm³/mol. The maximum Gasteiger partial charge on any atom is 0.472 e. The van der Waals surface area contributed by atoms with Crippen LogP contribution in [0.2, 0.25) is 0 Å². The zero-order chi connectivity index (χ0) is 34.2. The Bertz CT molecular complexity index is 716. The third-order valence-corrected chi connectivity index (χ3v) is 9.40. The molecule has 0 amide bonds. The number of nitrogens with zero attached hydrogens (tertiary/aromatic N) is 1. The van der Waals surface area contributed by atoms with Gasteiger partial charge < -0.3 is 18.9 Å². The van der Waals surface area contributed by atoms with E-state index >= 15 is 0 Å². The summed E-state index contributed by atoms with van der Waals surface area (Å²) in [6, 6.07) is 0. The van der Waals surface area contributed by atoms with Crippen LogP contribution in [0.25, 0.3) is 0 Å². The lowest BCUT2D eigenvalue weighted by Gasteiger charge is -2.24. The maximum atomic E-state index is 12.4. The first-order valence-corrected chi connectivity index (χ1v) is 20.8. The third-order valence-electron chi connectivity index (χ3n) is 8.42. The van der Waals surface area contributed by atoms with Gasteiger partial charge in [0.15, 0.2) is 0 Å².